The van der Waals surface area contributed by atoms with Gasteiger partial charge in [0.05, 0.1) is 16.8 Å². The molecule has 4 heterocycles. The van der Waals surface area contributed by atoms with Crippen molar-refractivity contribution in [1.29, 1.82) is 0 Å². The highest BCUT2D eigenvalue weighted by Gasteiger charge is 2.49. The topological polar surface area (TPSA) is 79.4 Å². The fraction of sp³-hybridized carbons (Fsp3) is 0.476. The van der Waals surface area contributed by atoms with Crippen molar-refractivity contribution >= 4 is 17.7 Å². The van der Waals surface area contributed by atoms with E-state index in [0.717, 1.165) is 31.2 Å². The van der Waals surface area contributed by atoms with Crippen LogP contribution in [-0.4, -0.2) is 47.9 Å². The first kappa shape index (κ1) is 22.7. The molecule has 182 valence electrons. The van der Waals surface area contributed by atoms with Gasteiger partial charge in [-0.1, -0.05) is 0 Å². The molecule has 3 aliphatic rings. The van der Waals surface area contributed by atoms with Gasteiger partial charge in [0.2, 0.25) is 6.10 Å². The third kappa shape index (κ3) is 4.24. The lowest BCUT2D eigenvalue weighted by Crippen LogP contribution is -2.52. The van der Waals surface area contributed by atoms with E-state index in [9.17, 15) is 31.1 Å². The van der Waals surface area contributed by atoms with Crippen LogP contribution < -0.4 is 15.5 Å². The Morgan fingerprint density at radius 1 is 1.12 bits per heavy atom. The Bertz CT molecular complexity index is 1120. The number of nitrogens with one attached hydrogen (secondary N) is 2. The number of fused-ring (bicyclic) bond motifs is 1. The minimum Gasteiger partial charge on any atom is -0.431 e. The van der Waals surface area contributed by atoms with Crippen LogP contribution in [0.4, 0.5) is 42.8 Å². The second-order valence-electron chi connectivity index (χ2n) is 8.47. The van der Waals surface area contributed by atoms with Crippen molar-refractivity contribution in [2.75, 3.05) is 29.9 Å². The Balaban J connectivity index is 1.67. The number of pyridine rings is 2. The Kier molecular flexibility index (Phi) is 5.34. The molecule has 0 aromatic carbocycles. The van der Waals surface area contributed by atoms with Gasteiger partial charge in [-0.05, 0) is 37.0 Å². The molecule has 2 fully saturated rings. The molecule has 1 aliphatic carbocycles. The summed E-state index contributed by atoms with van der Waals surface area (Å²) in [7, 11) is 0. The van der Waals surface area contributed by atoms with Crippen LogP contribution in [0.15, 0.2) is 24.4 Å². The smallest absolute Gasteiger partial charge is 0.430 e. The van der Waals surface area contributed by atoms with Crippen LogP contribution in [0.1, 0.15) is 30.1 Å². The first-order valence-corrected chi connectivity index (χ1v) is 10.6. The molecule has 2 aromatic rings. The molecule has 0 bridgehead atoms. The molecule has 1 amide bonds. The number of hydrogen-bond acceptors (Lipinski definition) is 6. The van der Waals surface area contributed by atoms with E-state index in [1.54, 1.807) is 4.90 Å². The Labute approximate surface area is 189 Å². The molecular weight excluding hydrogens is 468 g/mol. The second-order valence-corrected chi connectivity index (χ2v) is 8.47. The van der Waals surface area contributed by atoms with E-state index in [1.165, 1.54) is 0 Å². The summed E-state index contributed by atoms with van der Waals surface area (Å²) in [5.41, 5.74) is -2.19. The summed E-state index contributed by atoms with van der Waals surface area (Å²) < 4.78 is 87.1. The number of alkyl halides is 6. The van der Waals surface area contributed by atoms with Gasteiger partial charge in [-0.3, -0.25) is 5.32 Å². The van der Waals surface area contributed by atoms with Gasteiger partial charge in [-0.25, -0.2) is 14.8 Å². The van der Waals surface area contributed by atoms with Gasteiger partial charge in [-0.15, -0.1) is 0 Å². The lowest BCUT2D eigenvalue weighted by molar-refractivity contribution is -0.206. The summed E-state index contributed by atoms with van der Waals surface area (Å²) in [6.07, 6.45) is -10.8. The predicted molar refractivity (Wildman–Crippen MR) is 108 cm³/mol. The van der Waals surface area contributed by atoms with Crippen molar-refractivity contribution in [3.8, 4) is 11.3 Å². The summed E-state index contributed by atoms with van der Waals surface area (Å²) in [6.45, 7) is 1.53. The highest BCUT2D eigenvalue weighted by molar-refractivity contribution is 5.89. The maximum absolute atomic E-state index is 13.8. The average Bonchev–Trinajstić information content (AvgIpc) is 3.62. The van der Waals surface area contributed by atoms with Crippen LogP contribution in [0.5, 0.6) is 0 Å². The number of amides is 1. The highest BCUT2D eigenvalue weighted by atomic mass is 19.4. The predicted octanol–water partition coefficient (Wildman–Crippen LogP) is 4.52. The molecule has 0 radical (unpaired) electrons. The summed E-state index contributed by atoms with van der Waals surface area (Å²) in [4.78, 5) is 21.6. The van der Waals surface area contributed by atoms with Crippen LogP contribution in [0.25, 0.3) is 11.3 Å². The zero-order valence-electron chi connectivity index (χ0n) is 17.5. The van der Waals surface area contributed by atoms with Crippen LogP contribution >= 0.6 is 0 Å². The van der Waals surface area contributed by atoms with Gasteiger partial charge in [0, 0.05) is 37.4 Å². The number of aromatic nitrogens is 2. The normalized spacial score (nSPS) is 23.2. The standard InChI is InChI=1S/C21H19F6N5O2/c22-20(23,24)11-7-13(30-15(8-11)32-6-5-28-9-14(32)10-1-2-10)12-3-4-29-18-16(12)17(21(25,26)27)34-19(33)31-18/h3-4,7-8,10,14,17,28H,1-2,5-6,9H2,(H,29,31,33)/t14?,17-/m1/s1. The van der Waals surface area contributed by atoms with E-state index >= 15 is 0 Å². The number of hydrogen-bond donors (Lipinski definition) is 2. The molecule has 1 saturated carbocycles. The lowest BCUT2D eigenvalue weighted by atomic mass is 9.98. The first-order valence-electron chi connectivity index (χ1n) is 10.6. The van der Waals surface area contributed by atoms with Crippen LogP contribution in [0.3, 0.4) is 0 Å². The summed E-state index contributed by atoms with van der Waals surface area (Å²) >= 11 is 0. The largest absolute Gasteiger partial charge is 0.431 e. The monoisotopic (exact) mass is 487 g/mol. The molecular formula is C21H19F6N5O2. The minimum absolute atomic E-state index is 0.0399. The number of anilines is 2. The highest BCUT2D eigenvalue weighted by Crippen LogP contribution is 2.46. The van der Waals surface area contributed by atoms with Crippen molar-refractivity contribution in [1.82, 2.24) is 15.3 Å². The second kappa shape index (κ2) is 8.00. The Hall–Kier alpha value is -3.09. The number of nitrogens with zero attached hydrogens (tertiary/aromatic N) is 3. The van der Waals surface area contributed by atoms with Gasteiger partial charge < -0.3 is 15.0 Å². The first-order chi connectivity index (χ1) is 16.0. The molecule has 34 heavy (non-hydrogen) atoms. The number of carbonyl (C=O) groups is 1. The number of halogens is 6. The molecule has 7 nitrogen and oxygen atoms in total. The lowest BCUT2D eigenvalue weighted by Gasteiger charge is -2.38. The average molecular weight is 487 g/mol. The van der Waals surface area contributed by atoms with E-state index < -0.39 is 41.5 Å². The van der Waals surface area contributed by atoms with E-state index in [4.69, 9.17) is 0 Å². The number of ether oxygens (including phenoxy) is 1. The summed E-state index contributed by atoms with van der Waals surface area (Å²) in [5.74, 6) is -0.0764. The van der Waals surface area contributed by atoms with Crippen molar-refractivity contribution in [3.05, 3.63) is 35.5 Å². The zero-order chi connectivity index (χ0) is 24.3. The van der Waals surface area contributed by atoms with Gasteiger partial charge in [0.15, 0.2) is 0 Å². The molecule has 2 atom stereocenters. The molecule has 1 saturated heterocycles. The summed E-state index contributed by atoms with van der Waals surface area (Å²) in [6, 6.07) is 2.71. The fourth-order valence-corrected chi connectivity index (χ4v) is 4.46. The van der Waals surface area contributed by atoms with E-state index in [1.807, 2.05) is 0 Å². The molecule has 2 aromatic heterocycles. The SMILES string of the molecule is O=C1Nc2nccc(-c3cc(C(F)(F)F)cc(N4CCNCC4C4CC4)n3)c2[C@H](C(F)(F)F)O1. The molecule has 13 heteroatoms. The summed E-state index contributed by atoms with van der Waals surface area (Å²) in [5, 5.41) is 5.32. The Morgan fingerprint density at radius 2 is 1.88 bits per heavy atom. The number of cyclic esters (lactones) is 1. The minimum atomic E-state index is -5.01. The maximum Gasteiger partial charge on any atom is 0.430 e. The number of carbonyl (C=O) groups excluding carboxylic acids is 1. The van der Waals surface area contributed by atoms with E-state index in [-0.39, 0.29) is 23.1 Å². The van der Waals surface area contributed by atoms with Crippen LogP contribution in [0.2, 0.25) is 0 Å². The third-order valence-electron chi connectivity index (χ3n) is 6.15. The van der Waals surface area contributed by atoms with Gasteiger partial charge in [-0.2, -0.15) is 26.3 Å². The van der Waals surface area contributed by atoms with E-state index in [2.05, 4.69) is 25.3 Å². The molecule has 1 unspecified atom stereocenters. The fourth-order valence-electron chi connectivity index (χ4n) is 4.46. The van der Waals surface area contributed by atoms with Crippen LogP contribution in [-0.2, 0) is 10.9 Å². The molecule has 2 N–H and O–H groups in total. The zero-order valence-corrected chi connectivity index (χ0v) is 17.5. The Morgan fingerprint density at radius 3 is 2.56 bits per heavy atom. The van der Waals surface area contributed by atoms with Crippen molar-refractivity contribution < 1.29 is 35.9 Å². The number of rotatable bonds is 3. The van der Waals surface area contributed by atoms with E-state index in [0.29, 0.717) is 31.6 Å². The maximum atomic E-state index is 13.8. The molecule has 2 aliphatic heterocycles. The number of piperazine rings is 1. The van der Waals surface area contributed by atoms with Gasteiger partial charge in [0.25, 0.3) is 0 Å². The third-order valence-corrected chi connectivity index (χ3v) is 6.15. The van der Waals surface area contributed by atoms with Crippen molar-refractivity contribution in [3.63, 3.8) is 0 Å². The molecule has 5 rings (SSSR count). The van der Waals surface area contributed by atoms with Gasteiger partial charge in [0.1, 0.15) is 11.6 Å². The van der Waals surface area contributed by atoms with Crippen LogP contribution in [0, 0.1) is 5.92 Å². The quantitative estimate of drug-likeness (QED) is 0.621. The van der Waals surface area contributed by atoms with Gasteiger partial charge >= 0.3 is 18.4 Å². The van der Waals surface area contributed by atoms with Crippen molar-refractivity contribution in [2.24, 2.45) is 5.92 Å². The molecule has 0 spiro atoms. The van der Waals surface area contributed by atoms with Crippen molar-refractivity contribution in [2.45, 2.75) is 37.3 Å².